The second-order valence-electron chi connectivity index (χ2n) is 6.63. The van der Waals surface area contributed by atoms with Crippen LogP contribution in [0.15, 0.2) is 29.2 Å². The Morgan fingerprint density at radius 2 is 1.90 bits per heavy atom. The van der Waals surface area contributed by atoms with E-state index >= 15 is 0 Å². The van der Waals surface area contributed by atoms with Crippen LogP contribution in [0.25, 0.3) is 6.08 Å². The van der Waals surface area contributed by atoms with Crippen molar-refractivity contribution in [3.05, 3.63) is 34.7 Å². The maximum atomic E-state index is 12.6. The summed E-state index contributed by atoms with van der Waals surface area (Å²) in [6.45, 7) is 1.23. The highest BCUT2D eigenvalue weighted by molar-refractivity contribution is 8.26. The maximum absolute atomic E-state index is 12.6. The third-order valence-electron chi connectivity index (χ3n) is 3.91. The average molecular weight is 444 g/mol. The lowest BCUT2D eigenvalue weighted by Gasteiger charge is -2.14. The number of rotatable bonds is 10. The van der Waals surface area contributed by atoms with Crippen LogP contribution in [0.4, 0.5) is 8.78 Å². The molecule has 29 heavy (non-hydrogen) atoms. The van der Waals surface area contributed by atoms with Gasteiger partial charge in [-0.05, 0) is 50.5 Å². The van der Waals surface area contributed by atoms with Crippen molar-refractivity contribution in [2.45, 2.75) is 52.2 Å². The molecular formula is C20H23F2NO4S2. The van der Waals surface area contributed by atoms with Crippen LogP contribution >= 0.6 is 24.0 Å². The molecule has 0 spiro atoms. The van der Waals surface area contributed by atoms with Gasteiger partial charge in [0.1, 0.15) is 10.1 Å². The minimum Gasteiger partial charge on any atom is -0.463 e. The molecule has 1 aliphatic heterocycles. The molecule has 1 aromatic carbocycles. The number of amides is 1. The molecule has 0 atom stereocenters. The second kappa shape index (κ2) is 11.3. The van der Waals surface area contributed by atoms with Crippen molar-refractivity contribution in [1.82, 2.24) is 4.90 Å². The summed E-state index contributed by atoms with van der Waals surface area (Å²) in [6, 6.07) is 6.03. The number of nitrogens with zero attached hydrogens (tertiary/aromatic N) is 1. The Morgan fingerprint density at radius 3 is 2.52 bits per heavy atom. The van der Waals surface area contributed by atoms with Crippen molar-refractivity contribution >= 4 is 46.3 Å². The van der Waals surface area contributed by atoms with Crippen molar-refractivity contribution in [2.75, 3.05) is 6.54 Å². The summed E-state index contributed by atoms with van der Waals surface area (Å²) in [5.74, 6) is -0.326. The zero-order valence-corrected chi connectivity index (χ0v) is 17.9. The molecule has 0 unspecified atom stereocenters. The molecule has 158 valence electrons. The van der Waals surface area contributed by atoms with E-state index in [2.05, 4.69) is 4.74 Å². The van der Waals surface area contributed by atoms with Gasteiger partial charge < -0.3 is 9.47 Å². The Labute approximate surface area is 178 Å². The smallest absolute Gasteiger partial charge is 0.387 e. The lowest BCUT2D eigenvalue weighted by atomic mass is 10.2. The number of hydrogen-bond donors (Lipinski definition) is 0. The van der Waals surface area contributed by atoms with Crippen molar-refractivity contribution in [2.24, 2.45) is 0 Å². The van der Waals surface area contributed by atoms with E-state index in [1.165, 1.54) is 23.9 Å². The number of alkyl halides is 2. The first kappa shape index (κ1) is 23.3. The van der Waals surface area contributed by atoms with E-state index in [4.69, 9.17) is 17.0 Å². The largest absolute Gasteiger partial charge is 0.463 e. The van der Waals surface area contributed by atoms with E-state index in [1.807, 2.05) is 13.8 Å². The predicted molar refractivity (Wildman–Crippen MR) is 113 cm³/mol. The number of halogens is 2. The number of benzene rings is 1. The van der Waals surface area contributed by atoms with E-state index in [0.717, 1.165) is 12.8 Å². The van der Waals surface area contributed by atoms with Crippen LogP contribution in [0.5, 0.6) is 5.75 Å². The fourth-order valence-corrected chi connectivity index (χ4v) is 3.94. The molecule has 0 radical (unpaired) electrons. The summed E-state index contributed by atoms with van der Waals surface area (Å²) in [6.07, 6.45) is 4.14. The molecule has 1 saturated heterocycles. The van der Waals surface area contributed by atoms with Crippen LogP contribution in [0.2, 0.25) is 0 Å². The summed E-state index contributed by atoms with van der Waals surface area (Å²) < 4.78 is 34.3. The van der Waals surface area contributed by atoms with Crippen LogP contribution in [0, 0.1) is 0 Å². The van der Waals surface area contributed by atoms with E-state index < -0.39 is 6.61 Å². The lowest BCUT2D eigenvalue weighted by Crippen LogP contribution is -2.29. The number of unbranched alkanes of at least 4 members (excludes halogenated alkanes) is 2. The molecule has 0 saturated carbocycles. The molecule has 1 aromatic rings. The van der Waals surface area contributed by atoms with Crippen LogP contribution in [-0.4, -0.2) is 40.4 Å². The van der Waals surface area contributed by atoms with Crippen LogP contribution in [0.1, 0.15) is 45.1 Å². The standard InChI is InChI=1S/C20H23F2NO4S2/c1-13(2)26-17(24)6-4-3-5-11-23-18(25)16(29-20(23)28)12-14-7-9-15(10-8-14)27-19(21)22/h7-10,12-13,19H,3-6,11H2,1-2H3/b16-12+. The molecule has 1 aliphatic rings. The molecular weight excluding hydrogens is 420 g/mol. The molecule has 0 aromatic heterocycles. The molecule has 1 heterocycles. The highest BCUT2D eigenvalue weighted by Crippen LogP contribution is 2.33. The fraction of sp³-hybridized carbons (Fsp3) is 0.450. The van der Waals surface area contributed by atoms with Gasteiger partial charge >= 0.3 is 12.6 Å². The topological polar surface area (TPSA) is 55.8 Å². The van der Waals surface area contributed by atoms with Crippen molar-refractivity contribution in [3.8, 4) is 5.75 Å². The number of thioether (sulfide) groups is 1. The van der Waals surface area contributed by atoms with Gasteiger partial charge in [-0.2, -0.15) is 8.78 Å². The molecule has 2 rings (SSSR count). The number of hydrogen-bond acceptors (Lipinski definition) is 6. The Balaban J connectivity index is 1.83. The molecule has 1 fully saturated rings. The first-order chi connectivity index (χ1) is 13.8. The van der Waals surface area contributed by atoms with Gasteiger partial charge in [-0.15, -0.1) is 0 Å². The summed E-state index contributed by atoms with van der Waals surface area (Å²) in [5, 5.41) is 0. The molecule has 0 aliphatic carbocycles. The first-order valence-electron chi connectivity index (χ1n) is 9.26. The molecule has 1 amide bonds. The minimum absolute atomic E-state index is 0.0574. The molecule has 0 N–H and O–H groups in total. The number of carbonyl (C=O) groups is 2. The summed E-state index contributed by atoms with van der Waals surface area (Å²) >= 11 is 6.51. The quantitative estimate of drug-likeness (QED) is 0.220. The van der Waals surface area contributed by atoms with Crippen LogP contribution in [-0.2, 0) is 14.3 Å². The van der Waals surface area contributed by atoms with Gasteiger partial charge in [0.25, 0.3) is 5.91 Å². The normalized spacial score (nSPS) is 15.7. The van der Waals surface area contributed by atoms with Crippen molar-refractivity contribution < 1.29 is 27.8 Å². The second-order valence-corrected chi connectivity index (χ2v) is 8.31. The number of thiocarbonyl (C=S) groups is 1. The fourth-order valence-electron chi connectivity index (χ4n) is 2.63. The average Bonchev–Trinajstić information content (AvgIpc) is 2.89. The Hall–Kier alpha value is -2.00. The summed E-state index contributed by atoms with van der Waals surface area (Å²) in [5.41, 5.74) is 0.691. The third kappa shape index (κ3) is 7.74. The highest BCUT2D eigenvalue weighted by Gasteiger charge is 2.31. The zero-order valence-electron chi connectivity index (χ0n) is 16.2. The Kier molecular flexibility index (Phi) is 9.03. The SMILES string of the molecule is CC(C)OC(=O)CCCCCN1C(=O)/C(=C\c2ccc(OC(F)F)cc2)SC1=S. The minimum atomic E-state index is -2.88. The molecule has 5 nitrogen and oxygen atoms in total. The Morgan fingerprint density at radius 1 is 1.21 bits per heavy atom. The van der Waals surface area contributed by atoms with Crippen molar-refractivity contribution in [3.63, 3.8) is 0 Å². The Bertz CT molecular complexity index is 766. The van der Waals surface area contributed by atoms with Gasteiger partial charge in [0, 0.05) is 13.0 Å². The third-order valence-corrected chi connectivity index (χ3v) is 5.28. The lowest BCUT2D eigenvalue weighted by molar-refractivity contribution is -0.147. The number of esters is 1. The van der Waals surface area contributed by atoms with E-state index in [1.54, 1.807) is 23.1 Å². The van der Waals surface area contributed by atoms with Gasteiger partial charge in [0.2, 0.25) is 0 Å². The maximum Gasteiger partial charge on any atom is 0.387 e. The molecule has 0 bridgehead atoms. The van der Waals surface area contributed by atoms with Gasteiger partial charge in [0.05, 0.1) is 11.0 Å². The zero-order chi connectivity index (χ0) is 21.4. The van der Waals surface area contributed by atoms with E-state index in [0.29, 0.717) is 34.2 Å². The number of ether oxygens (including phenoxy) is 2. The first-order valence-corrected chi connectivity index (χ1v) is 10.5. The van der Waals surface area contributed by atoms with Gasteiger partial charge in [0.15, 0.2) is 0 Å². The number of carbonyl (C=O) groups excluding carboxylic acids is 2. The summed E-state index contributed by atoms with van der Waals surface area (Å²) in [7, 11) is 0. The van der Waals surface area contributed by atoms with Crippen LogP contribution in [0.3, 0.4) is 0 Å². The van der Waals surface area contributed by atoms with Crippen LogP contribution < -0.4 is 4.74 Å². The van der Waals surface area contributed by atoms with E-state index in [-0.39, 0.29) is 23.7 Å². The predicted octanol–water partition coefficient (Wildman–Crippen LogP) is 5.00. The van der Waals surface area contributed by atoms with Gasteiger partial charge in [-0.25, -0.2) is 0 Å². The van der Waals surface area contributed by atoms with E-state index in [9.17, 15) is 18.4 Å². The van der Waals surface area contributed by atoms with Gasteiger partial charge in [-0.3, -0.25) is 14.5 Å². The van der Waals surface area contributed by atoms with Crippen molar-refractivity contribution in [1.29, 1.82) is 0 Å². The molecule has 9 heteroatoms. The van der Waals surface area contributed by atoms with Gasteiger partial charge in [-0.1, -0.05) is 42.5 Å². The highest BCUT2D eigenvalue weighted by atomic mass is 32.2. The monoisotopic (exact) mass is 443 g/mol. The summed E-state index contributed by atoms with van der Waals surface area (Å²) in [4.78, 5) is 26.1.